The number of amides is 1. The first kappa shape index (κ1) is 14.6. The molecule has 2 N–H and O–H groups in total. The molecule has 4 heteroatoms. The molecule has 3 nitrogen and oxygen atoms in total. The number of carbonyl (C=O) groups is 1. The number of hydrogen-bond acceptors (Lipinski definition) is 3. The molecule has 0 spiro atoms. The highest BCUT2D eigenvalue weighted by Crippen LogP contribution is 2.11. The van der Waals surface area contributed by atoms with E-state index in [0.29, 0.717) is 12.5 Å². The third-order valence-electron chi connectivity index (χ3n) is 2.94. The fraction of sp³-hybridized carbons (Fsp3) is 0.769. The van der Waals surface area contributed by atoms with E-state index in [1.807, 2.05) is 6.08 Å². The SMILES string of the molecule is C=CCSCCNC(=O)CCC1CCCCN1. The molecule has 0 aromatic rings. The maximum absolute atomic E-state index is 11.6. The third-order valence-corrected chi connectivity index (χ3v) is 3.90. The van der Waals surface area contributed by atoms with Crippen LogP contribution in [0.2, 0.25) is 0 Å². The predicted octanol–water partition coefficient (Wildman–Crippen LogP) is 1.94. The smallest absolute Gasteiger partial charge is 0.220 e. The van der Waals surface area contributed by atoms with Gasteiger partial charge in [0.1, 0.15) is 0 Å². The second kappa shape index (κ2) is 9.54. The van der Waals surface area contributed by atoms with Gasteiger partial charge in [0.25, 0.3) is 0 Å². The molecule has 0 aliphatic carbocycles. The van der Waals surface area contributed by atoms with Crippen molar-refractivity contribution < 1.29 is 4.79 Å². The Balaban J connectivity index is 1.94. The highest BCUT2D eigenvalue weighted by molar-refractivity contribution is 7.99. The van der Waals surface area contributed by atoms with E-state index in [2.05, 4.69) is 17.2 Å². The first-order valence-corrected chi connectivity index (χ1v) is 7.67. The van der Waals surface area contributed by atoms with E-state index in [0.717, 1.165) is 31.0 Å². The topological polar surface area (TPSA) is 41.1 Å². The summed E-state index contributed by atoms with van der Waals surface area (Å²) in [5, 5.41) is 6.42. The second-order valence-electron chi connectivity index (χ2n) is 4.40. The van der Waals surface area contributed by atoms with E-state index in [-0.39, 0.29) is 5.91 Å². The fourth-order valence-electron chi connectivity index (χ4n) is 1.99. The second-order valence-corrected chi connectivity index (χ2v) is 5.55. The number of carbonyl (C=O) groups excluding carboxylic acids is 1. The van der Waals surface area contributed by atoms with Crippen molar-refractivity contribution in [2.24, 2.45) is 0 Å². The highest BCUT2D eigenvalue weighted by Gasteiger charge is 2.13. The minimum atomic E-state index is 0.191. The van der Waals surface area contributed by atoms with Crippen LogP contribution >= 0.6 is 11.8 Å². The minimum absolute atomic E-state index is 0.191. The van der Waals surface area contributed by atoms with Gasteiger partial charge in [0.15, 0.2) is 0 Å². The highest BCUT2D eigenvalue weighted by atomic mass is 32.2. The Kier molecular flexibility index (Phi) is 8.18. The largest absolute Gasteiger partial charge is 0.355 e. The summed E-state index contributed by atoms with van der Waals surface area (Å²) in [4.78, 5) is 11.6. The molecule has 0 aromatic carbocycles. The lowest BCUT2D eigenvalue weighted by atomic mass is 10.0. The quantitative estimate of drug-likeness (QED) is 0.515. The van der Waals surface area contributed by atoms with Crippen LogP contribution in [-0.4, -0.2) is 36.5 Å². The van der Waals surface area contributed by atoms with Gasteiger partial charge >= 0.3 is 0 Å². The molecule has 1 aliphatic rings. The molecule has 17 heavy (non-hydrogen) atoms. The molecule has 0 radical (unpaired) electrons. The monoisotopic (exact) mass is 256 g/mol. The molecule has 1 unspecified atom stereocenters. The van der Waals surface area contributed by atoms with Crippen LogP contribution in [-0.2, 0) is 4.79 Å². The van der Waals surface area contributed by atoms with Gasteiger partial charge in [-0.3, -0.25) is 4.79 Å². The number of nitrogens with one attached hydrogen (secondary N) is 2. The van der Waals surface area contributed by atoms with Crippen LogP contribution in [0, 0.1) is 0 Å². The number of piperidine rings is 1. The van der Waals surface area contributed by atoms with Crippen molar-refractivity contribution in [3.63, 3.8) is 0 Å². The van der Waals surface area contributed by atoms with Gasteiger partial charge < -0.3 is 10.6 Å². The van der Waals surface area contributed by atoms with Gasteiger partial charge in [-0.1, -0.05) is 12.5 Å². The lowest BCUT2D eigenvalue weighted by molar-refractivity contribution is -0.121. The van der Waals surface area contributed by atoms with Gasteiger partial charge in [0.2, 0.25) is 5.91 Å². The lowest BCUT2D eigenvalue weighted by Crippen LogP contribution is -2.35. The van der Waals surface area contributed by atoms with Crippen LogP contribution in [0.25, 0.3) is 0 Å². The van der Waals surface area contributed by atoms with Crippen LogP contribution in [0.15, 0.2) is 12.7 Å². The van der Waals surface area contributed by atoms with Crippen LogP contribution in [0.5, 0.6) is 0 Å². The molecule has 1 heterocycles. The summed E-state index contributed by atoms with van der Waals surface area (Å²) in [6.45, 7) is 5.55. The van der Waals surface area contributed by atoms with E-state index in [4.69, 9.17) is 0 Å². The summed E-state index contributed by atoms with van der Waals surface area (Å²) >= 11 is 1.80. The van der Waals surface area contributed by atoms with E-state index in [9.17, 15) is 4.79 Å². The normalized spacial score (nSPS) is 19.9. The average molecular weight is 256 g/mol. The standard InChI is InChI=1S/C13H24N2OS/c1-2-10-17-11-9-15-13(16)7-6-12-5-3-4-8-14-12/h2,12,14H,1,3-11H2,(H,15,16). The number of rotatable bonds is 8. The average Bonchev–Trinajstić information content (AvgIpc) is 2.37. The van der Waals surface area contributed by atoms with Crippen LogP contribution < -0.4 is 10.6 Å². The molecule has 0 saturated carbocycles. The predicted molar refractivity (Wildman–Crippen MR) is 75.4 cm³/mol. The minimum Gasteiger partial charge on any atom is -0.355 e. The van der Waals surface area contributed by atoms with Gasteiger partial charge in [-0.15, -0.1) is 6.58 Å². The molecule has 0 bridgehead atoms. The van der Waals surface area contributed by atoms with Crippen molar-refractivity contribution in [2.75, 3.05) is 24.6 Å². The lowest BCUT2D eigenvalue weighted by Gasteiger charge is -2.23. The van der Waals surface area contributed by atoms with E-state index in [1.165, 1.54) is 19.3 Å². The van der Waals surface area contributed by atoms with Gasteiger partial charge in [-0.2, -0.15) is 11.8 Å². The molecule has 1 amide bonds. The molecular formula is C13H24N2OS. The molecular weight excluding hydrogens is 232 g/mol. The van der Waals surface area contributed by atoms with Crippen LogP contribution in [0.4, 0.5) is 0 Å². The molecule has 0 aromatic heterocycles. The van der Waals surface area contributed by atoms with Crippen molar-refractivity contribution in [2.45, 2.75) is 38.1 Å². The van der Waals surface area contributed by atoms with Gasteiger partial charge in [-0.05, 0) is 25.8 Å². The molecule has 1 saturated heterocycles. The first-order valence-electron chi connectivity index (χ1n) is 6.51. The summed E-state index contributed by atoms with van der Waals surface area (Å²) in [5.41, 5.74) is 0. The molecule has 1 fully saturated rings. The fourth-order valence-corrected chi connectivity index (χ4v) is 2.57. The number of hydrogen-bond donors (Lipinski definition) is 2. The van der Waals surface area contributed by atoms with Gasteiger partial charge in [-0.25, -0.2) is 0 Å². The van der Waals surface area contributed by atoms with Crippen LogP contribution in [0.1, 0.15) is 32.1 Å². The molecule has 1 atom stereocenters. The zero-order valence-electron chi connectivity index (χ0n) is 10.5. The Morgan fingerprint density at radius 1 is 1.53 bits per heavy atom. The summed E-state index contributed by atoms with van der Waals surface area (Å²) in [5.74, 6) is 2.12. The Morgan fingerprint density at radius 2 is 2.41 bits per heavy atom. The Bertz CT molecular complexity index is 227. The Hall–Kier alpha value is -0.480. The number of thioether (sulfide) groups is 1. The molecule has 1 aliphatic heterocycles. The van der Waals surface area contributed by atoms with Crippen molar-refractivity contribution in [3.8, 4) is 0 Å². The van der Waals surface area contributed by atoms with Crippen LogP contribution in [0.3, 0.4) is 0 Å². The van der Waals surface area contributed by atoms with Gasteiger partial charge in [0, 0.05) is 30.5 Å². The maximum atomic E-state index is 11.6. The molecule has 98 valence electrons. The Labute approximate surface area is 109 Å². The molecule has 1 rings (SSSR count). The van der Waals surface area contributed by atoms with Crippen molar-refractivity contribution >= 4 is 17.7 Å². The van der Waals surface area contributed by atoms with E-state index in [1.54, 1.807) is 11.8 Å². The zero-order valence-corrected chi connectivity index (χ0v) is 11.4. The van der Waals surface area contributed by atoms with Crippen molar-refractivity contribution in [1.29, 1.82) is 0 Å². The third kappa shape index (κ3) is 7.45. The summed E-state index contributed by atoms with van der Waals surface area (Å²) in [6.07, 6.45) is 7.33. The summed E-state index contributed by atoms with van der Waals surface area (Å²) in [6, 6.07) is 0.560. The van der Waals surface area contributed by atoms with Crippen molar-refractivity contribution in [1.82, 2.24) is 10.6 Å². The van der Waals surface area contributed by atoms with Gasteiger partial charge in [0.05, 0.1) is 0 Å². The summed E-state index contributed by atoms with van der Waals surface area (Å²) < 4.78 is 0. The summed E-state index contributed by atoms with van der Waals surface area (Å²) in [7, 11) is 0. The van der Waals surface area contributed by atoms with Crippen molar-refractivity contribution in [3.05, 3.63) is 12.7 Å². The first-order chi connectivity index (χ1) is 8.33. The van der Waals surface area contributed by atoms with E-state index < -0.39 is 0 Å². The zero-order chi connectivity index (χ0) is 12.3. The maximum Gasteiger partial charge on any atom is 0.220 e. The van der Waals surface area contributed by atoms with E-state index >= 15 is 0 Å². The Morgan fingerprint density at radius 3 is 3.12 bits per heavy atom.